The summed E-state index contributed by atoms with van der Waals surface area (Å²) < 4.78 is 33.5. The third kappa shape index (κ3) is 3.59. The van der Waals surface area contributed by atoms with Gasteiger partial charge >= 0.3 is 0 Å². The first-order valence-corrected chi connectivity index (χ1v) is 11.5. The minimum Gasteiger partial charge on any atom is -0.366 e. The van der Waals surface area contributed by atoms with Gasteiger partial charge in [-0.2, -0.15) is 4.31 Å². The number of rotatable bonds is 4. The fourth-order valence-electron chi connectivity index (χ4n) is 3.54. The molecule has 1 aliphatic heterocycles. The van der Waals surface area contributed by atoms with Crippen LogP contribution in [-0.2, 0) is 10.0 Å². The second kappa shape index (κ2) is 7.35. The van der Waals surface area contributed by atoms with Crippen molar-refractivity contribution in [2.75, 3.05) is 24.5 Å². The van der Waals surface area contributed by atoms with Crippen molar-refractivity contribution in [1.82, 2.24) is 9.46 Å². The van der Waals surface area contributed by atoms with Crippen LogP contribution in [0, 0.1) is 13.8 Å². The molecule has 4 rings (SSSR count). The number of aryl methyl sites for hydroxylation is 2. The minimum atomic E-state index is -3.53. The summed E-state index contributed by atoms with van der Waals surface area (Å²) in [5.41, 5.74) is 3.86. The highest BCUT2D eigenvalue weighted by atomic mass is 32.2. The summed E-state index contributed by atoms with van der Waals surface area (Å²) in [4.78, 5) is 2.27. The van der Waals surface area contributed by atoms with Crippen molar-refractivity contribution in [3.05, 3.63) is 53.0 Å². The zero-order valence-electron chi connectivity index (χ0n) is 16.1. The lowest BCUT2D eigenvalue weighted by Gasteiger charge is -2.40. The zero-order valence-corrected chi connectivity index (χ0v) is 17.8. The maximum atomic E-state index is 13.2. The van der Waals surface area contributed by atoms with Crippen molar-refractivity contribution in [2.24, 2.45) is 0 Å². The van der Waals surface area contributed by atoms with E-state index in [-0.39, 0.29) is 6.04 Å². The Hall–Kier alpha value is -2.16. The van der Waals surface area contributed by atoms with Gasteiger partial charge in [-0.3, -0.25) is 0 Å². The van der Waals surface area contributed by atoms with Crippen LogP contribution in [0.3, 0.4) is 0 Å². The maximum absolute atomic E-state index is 13.2. The predicted octanol–water partition coefficient (Wildman–Crippen LogP) is 3.92. The van der Waals surface area contributed by atoms with Crippen LogP contribution in [0.4, 0.5) is 5.69 Å². The zero-order chi connectivity index (χ0) is 19.9. The molecule has 6 nitrogen and oxygen atoms in total. The molecule has 28 heavy (non-hydrogen) atoms. The molecule has 0 unspecified atom stereocenters. The molecule has 0 radical (unpaired) electrons. The van der Waals surface area contributed by atoms with E-state index < -0.39 is 10.0 Å². The second-order valence-corrected chi connectivity index (χ2v) is 10.3. The molecule has 1 atom stereocenters. The normalized spacial score (nSPS) is 18.5. The minimum absolute atomic E-state index is 0.0988. The molecule has 2 aromatic heterocycles. The highest BCUT2D eigenvalue weighted by Crippen LogP contribution is 2.32. The molecule has 0 N–H and O–H groups in total. The predicted molar refractivity (Wildman–Crippen MR) is 111 cm³/mol. The lowest BCUT2D eigenvalue weighted by Crippen LogP contribution is -2.53. The van der Waals surface area contributed by atoms with Gasteiger partial charge < -0.3 is 9.42 Å². The van der Waals surface area contributed by atoms with E-state index in [0.29, 0.717) is 29.6 Å². The van der Waals surface area contributed by atoms with Gasteiger partial charge in [0, 0.05) is 48.4 Å². The number of thiophene rings is 1. The molecule has 0 aliphatic carbocycles. The van der Waals surface area contributed by atoms with E-state index in [2.05, 4.69) is 42.1 Å². The lowest BCUT2D eigenvalue weighted by atomic mass is 10.1. The fraction of sp³-hybridized carbons (Fsp3) is 0.350. The SMILES string of the molecule is Cc1cccc(N2CCN(S(=O)(=O)c3cc(-c4cc(C)no4)cs3)C[C@@H]2C)c1. The van der Waals surface area contributed by atoms with Gasteiger partial charge in [0.15, 0.2) is 5.76 Å². The number of aromatic nitrogens is 1. The Kier molecular flexibility index (Phi) is 5.03. The smallest absolute Gasteiger partial charge is 0.252 e. The van der Waals surface area contributed by atoms with E-state index >= 15 is 0 Å². The number of nitrogens with zero attached hydrogens (tertiary/aromatic N) is 3. The molecule has 8 heteroatoms. The molecule has 1 aromatic carbocycles. The van der Waals surface area contributed by atoms with E-state index in [1.807, 2.05) is 13.0 Å². The fourth-order valence-corrected chi connectivity index (χ4v) is 6.37. The highest BCUT2D eigenvalue weighted by molar-refractivity contribution is 7.91. The third-order valence-electron chi connectivity index (χ3n) is 5.01. The quantitative estimate of drug-likeness (QED) is 0.644. The standard InChI is InChI=1S/C20H23N3O3S2/c1-14-5-4-6-18(9-14)23-8-7-22(12-16(23)3)28(24,25)20-11-17(13-27-20)19-10-15(2)21-26-19/h4-6,9-11,13,16H,7-8,12H2,1-3H3/t16-/m0/s1. The molecule has 1 saturated heterocycles. The van der Waals surface area contributed by atoms with Gasteiger partial charge in [-0.25, -0.2) is 8.42 Å². The number of hydrogen-bond acceptors (Lipinski definition) is 6. The maximum Gasteiger partial charge on any atom is 0.252 e. The summed E-state index contributed by atoms with van der Waals surface area (Å²) in [6.45, 7) is 7.58. The van der Waals surface area contributed by atoms with Gasteiger partial charge in [0.2, 0.25) is 0 Å². The lowest BCUT2D eigenvalue weighted by molar-refractivity contribution is 0.343. The topological polar surface area (TPSA) is 66.7 Å². The molecular weight excluding hydrogens is 394 g/mol. The number of hydrogen-bond donors (Lipinski definition) is 0. The summed E-state index contributed by atoms with van der Waals surface area (Å²) in [7, 11) is -3.53. The van der Waals surface area contributed by atoms with Crippen LogP contribution in [0.1, 0.15) is 18.2 Å². The van der Waals surface area contributed by atoms with Gasteiger partial charge in [0.1, 0.15) is 4.21 Å². The first kappa shape index (κ1) is 19.2. The van der Waals surface area contributed by atoms with Crippen molar-refractivity contribution in [2.45, 2.75) is 31.0 Å². The Balaban J connectivity index is 1.52. The van der Waals surface area contributed by atoms with Crippen molar-refractivity contribution < 1.29 is 12.9 Å². The van der Waals surface area contributed by atoms with E-state index in [9.17, 15) is 8.42 Å². The van der Waals surface area contributed by atoms with Crippen LogP contribution in [0.2, 0.25) is 0 Å². The summed E-state index contributed by atoms with van der Waals surface area (Å²) in [5, 5.41) is 5.68. The van der Waals surface area contributed by atoms with E-state index in [1.165, 1.54) is 16.9 Å². The first-order chi connectivity index (χ1) is 13.3. The Labute approximate surface area is 169 Å². The average molecular weight is 418 g/mol. The summed E-state index contributed by atoms with van der Waals surface area (Å²) in [6.07, 6.45) is 0. The average Bonchev–Trinajstić information content (AvgIpc) is 3.31. The Morgan fingerprint density at radius 1 is 1.18 bits per heavy atom. The first-order valence-electron chi connectivity index (χ1n) is 9.20. The monoisotopic (exact) mass is 417 g/mol. The van der Waals surface area contributed by atoms with Crippen molar-refractivity contribution >= 4 is 27.0 Å². The number of sulfonamides is 1. The van der Waals surface area contributed by atoms with Crippen molar-refractivity contribution in [3.63, 3.8) is 0 Å². The molecular formula is C20H23N3O3S2. The molecule has 3 aromatic rings. The molecule has 0 spiro atoms. The van der Waals surface area contributed by atoms with Crippen LogP contribution in [0.25, 0.3) is 11.3 Å². The number of piperazine rings is 1. The number of anilines is 1. The van der Waals surface area contributed by atoms with Gasteiger partial charge in [0.05, 0.1) is 5.69 Å². The largest absolute Gasteiger partial charge is 0.366 e. The van der Waals surface area contributed by atoms with Crippen molar-refractivity contribution in [1.29, 1.82) is 0 Å². The second-order valence-electron chi connectivity index (χ2n) is 7.23. The Morgan fingerprint density at radius 2 is 2.00 bits per heavy atom. The molecule has 1 aliphatic rings. The Morgan fingerprint density at radius 3 is 2.68 bits per heavy atom. The molecule has 0 bridgehead atoms. The summed E-state index contributed by atoms with van der Waals surface area (Å²) in [5.74, 6) is 0.591. The van der Waals surface area contributed by atoms with E-state index in [4.69, 9.17) is 4.52 Å². The van der Waals surface area contributed by atoms with Gasteiger partial charge in [-0.1, -0.05) is 17.3 Å². The summed E-state index contributed by atoms with van der Waals surface area (Å²) in [6, 6.07) is 11.9. The number of benzene rings is 1. The Bertz CT molecular complexity index is 1090. The van der Waals surface area contributed by atoms with E-state index in [0.717, 1.165) is 16.9 Å². The van der Waals surface area contributed by atoms with Crippen LogP contribution in [0.5, 0.6) is 0 Å². The van der Waals surface area contributed by atoms with Crippen LogP contribution in [0.15, 0.2) is 50.5 Å². The molecule has 0 saturated carbocycles. The van der Waals surface area contributed by atoms with Crippen molar-refractivity contribution in [3.8, 4) is 11.3 Å². The molecule has 3 heterocycles. The van der Waals surface area contributed by atoms with Crippen LogP contribution in [-0.4, -0.2) is 43.6 Å². The van der Waals surface area contributed by atoms with Crippen LogP contribution >= 0.6 is 11.3 Å². The van der Waals surface area contributed by atoms with Gasteiger partial charge in [0.25, 0.3) is 10.0 Å². The van der Waals surface area contributed by atoms with Gasteiger partial charge in [-0.15, -0.1) is 11.3 Å². The van der Waals surface area contributed by atoms with Gasteiger partial charge in [-0.05, 0) is 44.5 Å². The highest BCUT2D eigenvalue weighted by Gasteiger charge is 2.33. The molecule has 0 amide bonds. The molecule has 148 valence electrons. The van der Waals surface area contributed by atoms with E-state index in [1.54, 1.807) is 21.8 Å². The van der Waals surface area contributed by atoms with Crippen LogP contribution < -0.4 is 4.90 Å². The molecule has 1 fully saturated rings. The summed E-state index contributed by atoms with van der Waals surface area (Å²) >= 11 is 1.22. The third-order valence-corrected chi connectivity index (χ3v) is 8.29.